The predicted octanol–water partition coefficient (Wildman–Crippen LogP) is 4.69. The van der Waals surface area contributed by atoms with Crippen molar-refractivity contribution in [2.24, 2.45) is 0 Å². The van der Waals surface area contributed by atoms with Crippen molar-refractivity contribution in [1.29, 1.82) is 0 Å². The van der Waals surface area contributed by atoms with E-state index in [-0.39, 0.29) is 36.5 Å². The van der Waals surface area contributed by atoms with E-state index >= 15 is 0 Å². The van der Waals surface area contributed by atoms with Crippen LogP contribution in [0, 0.1) is 0 Å². The summed E-state index contributed by atoms with van der Waals surface area (Å²) in [6.07, 6.45) is 2.19. The highest BCUT2D eigenvalue weighted by atomic mass is 32.1. The number of nitrogens with one attached hydrogen (secondary N) is 4. The quantitative estimate of drug-likeness (QED) is 0.140. The second-order valence-corrected chi connectivity index (χ2v) is 12.1. The molecular weight excluding hydrogens is 597 g/mol. The summed E-state index contributed by atoms with van der Waals surface area (Å²) in [5.74, 6) is -0.834. The molecule has 3 amide bonds. The van der Waals surface area contributed by atoms with Crippen LogP contribution in [0.25, 0.3) is 0 Å². The van der Waals surface area contributed by atoms with E-state index in [2.05, 4.69) is 26.3 Å². The number of benzene rings is 2. The molecule has 2 aromatic heterocycles. The van der Waals surface area contributed by atoms with Gasteiger partial charge in [0.15, 0.2) is 5.13 Å². The van der Waals surface area contributed by atoms with Crippen LogP contribution in [-0.4, -0.2) is 62.2 Å². The van der Waals surface area contributed by atoms with E-state index in [4.69, 9.17) is 4.74 Å². The minimum Gasteiger partial charge on any atom is -0.364 e. The molecule has 44 heavy (non-hydrogen) atoms. The van der Waals surface area contributed by atoms with Gasteiger partial charge in [0, 0.05) is 55.1 Å². The Bertz CT molecular complexity index is 1500. The monoisotopic (exact) mass is 634 g/mol. The van der Waals surface area contributed by atoms with Crippen LogP contribution >= 0.6 is 22.7 Å². The van der Waals surface area contributed by atoms with Gasteiger partial charge in [-0.15, -0.1) is 11.3 Å². The zero-order valence-electron chi connectivity index (χ0n) is 25.2. The van der Waals surface area contributed by atoms with E-state index < -0.39 is 6.04 Å². The number of ether oxygens (including phenoxy) is 1. The van der Waals surface area contributed by atoms with Crippen molar-refractivity contribution < 1.29 is 19.1 Å². The van der Waals surface area contributed by atoms with Gasteiger partial charge >= 0.3 is 0 Å². The van der Waals surface area contributed by atoms with Crippen molar-refractivity contribution in [3.05, 3.63) is 99.2 Å². The number of aromatic nitrogens is 1. The maximum absolute atomic E-state index is 13.7. The van der Waals surface area contributed by atoms with Crippen LogP contribution in [0.5, 0.6) is 0 Å². The van der Waals surface area contributed by atoms with Gasteiger partial charge in [0.25, 0.3) is 11.8 Å². The first kappa shape index (κ1) is 32.8. The number of rotatable bonds is 15. The van der Waals surface area contributed by atoms with Gasteiger partial charge in [0.2, 0.25) is 5.91 Å². The van der Waals surface area contributed by atoms with Crippen molar-refractivity contribution in [2.45, 2.75) is 38.4 Å². The summed E-state index contributed by atoms with van der Waals surface area (Å²) in [6, 6.07) is 15.7. The van der Waals surface area contributed by atoms with Gasteiger partial charge in [-0.1, -0.05) is 30.3 Å². The number of hydrogen-bond donors (Lipinski definition) is 4. The lowest BCUT2D eigenvalue weighted by Gasteiger charge is -2.23. The average molecular weight is 635 g/mol. The molecule has 3 atom stereocenters. The van der Waals surface area contributed by atoms with Gasteiger partial charge in [-0.05, 0) is 66.4 Å². The highest BCUT2D eigenvalue weighted by Crippen LogP contribution is 2.21. The lowest BCUT2D eigenvalue weighted by Crippen LogP contribution is -2.48. The number of carbonyl (C=O) groups excluding carboxylic acids is 3. The summed E-state index contributed by atoms with van der Waals surface area (Å²) in [5, 5.41) is 18.5. The SMILES string of the molecule is COCN(C)c1cc(C(=O)N[C@H](CN[C@@H](C)C(=O)Nc2nccs2)Cc2ccsc2)cc(C(=O)N[C@H](C)c2ccccc2)c1. The molecule has 2 aromatic carbocycles. The van der Waals surface area contributed by atoms with Crippen molar-refractivity contribution in [3.8, 4) is 0 Å². The van der Waals surface area contributed by atoms with E-state index in [1.54, 1.807) is 55.1 Å². The molecule has 2 heterocycles. The van der Waals surface area contributed by atoms with Crippen LogP contribution < -0.4 is 26.2 Å². The maximum Gasteiger partial charge on any atom is 0.251 e. The molecule has 12 heteroatoms. The predicted molar refractivity (Wildman–Crippen MR) is 177 cm³/mol. The van der Waals surface area contributed by atoms with Crippen molar-refractivity contribution in [1.82, 2.24) is 20.9 Å². The molecule has 232 valence electrons. The zero-order valence-corrected chi connectivity index (χ0v) is 26.8. The van der Waals surface area contributed by atoms with Crippen molar-refractivity contribution in [3.63, 3.8) is 0 Å². The Labute approximate surface area is 265 Å². The Morgan fingerprint density at radius 3 is 2.34 bits per heavy atom. The molecular formula is C32H38N6O4S2. The molecule has 4 rings (SSSR count). The molecule has 0 saturated carbocycles. The minimum atomic E-state index is -0.520. The van der Waals surface area contributed by atoms with Crippen LogP contribution in [0.15, 0.2) is 76.9 Å². The van der Waals surface area contributed by atoms with Gasteiger partial charge in [-0.3, -0.25) is 14.4 Å². The van der Waals surface area contributed by atoms with Crippen LogP contribution in [0.2, 0.25) is 0 Å². The number of methoxy groups -OCH3 is 1. The Kier molecular flexibility index (Phi) is 12.0. The van der Waals surface area contributed by atoms with Gasteiger partial charge in [-0.25, -0.2) is 4.98 Å². The fourth-order valence-corrected chi connectivity index (χ4v) is 5.73. The van der Waals surface area contributed by atoms with E-state index in [0.29, 0.717) is 34.9 Å². The van der Waals surface area contributed by atoms with Crippen LogP contribution in [0.1, 0.15) is 51.7 Å². The average Bonchev–Trinajstić information content (AvgIpc) is 3.74. The maximum atomic E-state index is 13.7. The van der Waals surface area contributed by atoms with Gasteiger partial charge in [0.1, 0.15) is 6.73 Å². The van der Waals surface area contributed by atoms with Gasteiger partial charge in [-0.2, -0.15) is 11.3 Å². The number of amides is 3. The molecule has 0 bridgehead atoms. The molecule has 10 nitrogen and oxygen atoms in total. The van der Waals surface area contributed by atoms with E-state index in [1.165, 1.54) is 11.3 Å². The van der Waals surface area contributed by atoms with Crippen molar-refractivity contribution in [2.75, 3.05) is 37.6 Å². The van der Waals surface area contributed by atoms with E-state index in [0.717, 1.165) is 11.1 Å². The lowest BCUT2D eigenvalue weighted by atomic mass is 10.0. The molecule has 4 N–H and O–H groups in total. The Morgan fingerprint density at radius 2 is 1.70 bits per heavy atom. The smallest absolute Gasteiger partial charge is 0.251 e. The second kappa shape index (κ2) is 16.1. The van der Waals surface area contributed by atoms with Gasteiger partial charge < -0.3 is 30.9 Å². The molecule has 0 saturated heterocycles. The molecule has 0 radical (unpaired) electrons. The first-order valence-electron chi connectivity index (χ1n) is 14.2. The summed E-state index contributed by atoms with van der Waals surface area (Å²) in [5.41, 5.74) is 3.42. The standard InChI is InChI=1S/C32H38N6O4S2/c1-21(24-8-6-5-7-9-24)35-30(40)25-15-26(17-28(16-25)38(3)20-42-4)31(41)36-27(14-23-10-12-43-19-23)18-34-22(2)29(39)37-32-33-11-13-44-32/h5-13,15-17,19,21-22,27,34H,14,18,20H2,1-4H3,(H,35,40)(H,36,41)(H,33,37,39)/t21-,22+,27+/m1/s1. The van der Waals surface area contributed by atoms with Crippen LogP contribution in [-0.2, 0) is 16.0 Å². The van der Waals surface area contributed by atoms with Crippen LogP contribution in [0.3, 0.4) is 0 Å². The van der Waals surface area contributed by atoms with Crippen LogP contribution in [0.4, 0.5) is 10.8 Å². The Hall–Kier alpha value is -4.10. The number of thiazole rings is 1. The minimum absolute atomic E-state index is 0.213. The third-order valence-electron chi connectivity index (χ3n) is 6.98. The summed E-state index contributed by atoms with van der Waals surface area (Å²) < 4.78 is 5.29. The third kappa shape index (κ3) is 9.45. The largest absolute Gasteiger partial charge is 0.364 e. The highest BCUT2D eigenvalue weighted by Gasteiger charge is 2.21. The summed E-state index contributed by atoms with van der Waals surface area (Å²) in [4.78, 5) is 45.7. The molecule has 0 aliphatic rings. The molecule has 4 aromatic rings. The van der Waals surface area contributed by atoms with Crippen molar-refractivity contribution >= 4 is 51.2 Å². The van der Waals surface area contributed by atoms with E-state index in [1.807, 2.05) is 66.0 Å². The molecule has 0 spiro atoms. The normalized spacial score (nSPS) is 13.0. The summed E-state index contributed by atoms with van der Waals surface area (Å²) in [7, 11) is 3.42. The number of nitrogens with zero attached hydrogens (tertiary/aromatic N) is 2. The molecule has 0 fully saturated rings. The fraction of sp³-hybridized carbons (Fsp3) is 0.312. The topological polar surface area (TPSA) is 125 Å². The lowest BCUT2D eigenvalue weighted by molar-refractivity contribution is -0.117. The number of anilines is 2. The fourth-order valence-electron chi connectivity index (χ4n) is 4.51. The first-order valence-corrected chi connectivity index (χ1v) is 16.0. The number of thiophene rings is 1. The zero-order chi connectivity index (χ0) is 31.5. The number of carbonyl (C=O) groups is 3. The second-order valence-electron chi connectivity index (χ2n) is 10.5. The number of hydrogen-bond acceptors (Lipinski definition) is 9. The summed E-state index contributed by atoms with van der Waals surface area (Å²) >= 11 is 2.93. The Morgan fingerprint density at radius 1 is 0.977 bits per heavy atom. The van der Waals surface area contributed by atoms with E-state index in [9.17, 15) is 14.4 Å². The Balaban J connectivity index is 1.51. The molecule has 0 unspecified atom stereocenters. The van der Waals surface area contributed by atoms with Gasteiger partial charge in [0.05, 0.1) is 12.1 Å². The molecule has 0 aliphatic carbocycles. The third-order valence-corrected chi connectivity index (χ3v) is 8.40. The highest BCUT2D eigenvalue weighted by molar-refractivity contribution is 7.13. The molecule has 0 aliphatic heterocycles. The first-order chi connectivity index (χ1) is 21.2. The summed E-state index contributed by atoms with van der Waals surface area (Å²) in [6.45, 7) is 4.31.